The minimum absolute atomic E-state index is 0.128. The van der Waals surface area contributed by atoms with Crippen LogP contribution in [0.1, 0.15) is 33.3 Å². The van der Waals surface area contributed by atoms with Gasteiger partial charge in [0.2, 0.25) is 5.88 Å². The molecule has 0 aromatic carbocycles. The molecule has 0 aliphatic carbocycles. The highest BCUT2D eigenvalue weighted by Gasteiger charge is 2.30. The first-order chi connectivity index (χ1) is 10.6. The molecule has 1 heterocycles. The van der Waals surface area contributed by atoms with Crippen LogP contribution in [-0.4, -0.2) is 36.2 Å². The number of ether oxygens (including phenoxy) is 1. The molecule has 0 saturated carbocycles. The summed E-state index contributed by atoms with van der Waals surface area (Å²) >= 11 is 0. The molecule has 8 heteroatoms. The summed E-state index contributed by atoms with van der Waals surface area (Å²) in [6.07, 6.45) is -3.64. The lowest BCUT2D eigenvalue weighted by Crippen LogP contribution is -2.47. The summed E-state index contributed by atoms with van der Waals surface area (Å²) in [7, 11) is 0. The van der Waals surface area contributed by atoms with E-state index >= 15 is 0 Å². The third-order valence-electron chi connectivity index (χ3n) is 2.51. The fourth-order valence-corrected chi connectivity index (χ4v) is 1.60. The molecule has 0 radical (unpaired) electrons. The molecule has 23 heavy (non-hydrogen) atoms. The van der Waals surface area contributed by atoms with Gasteiger partial charge in [0.05, 0.1) is 12.1 Å². The molecule has 0 spiro atoms. The predicted molar refractivity (Wildman–Crippen MR) is 83.6 cm³/mol. The van der Waals surface area contributed by atoms with Crippen molar-refractivity contribution in [1.82, 2.24) is 15.6 Å². The van der Waals surface area contributed by atoms with Crippen molar-refractivity contribution in [3.05, 3.63) is 23.9 Å². The van der Waals surface area contributed by atoms with Gasteiger partial charge >= 0.3 is 6.18 Å². The molecule has 0 aliphatic rings. The van der Waals surface area contributed by atoms with Crippen LogP contribution in [0.4, 0.5) is 13.2 Å². The molecule has 0 fully saturated rings. The molecule has 0 unspecified atom stereocenters. The first-order valence-corrected chi connectivity index (χ1v) is 7.34. The van der Waals surface area contributed by atoms with Crippen LogP contribution in [0.3, 0.4) is 0 Å². The van der Waals surface area contributed by atoms with Crippen molar-refractivity contribution in [1.29, 1.82) is 0 Å². The Hall–Kier alpha value is -1.99. The number of nitrogens with one attached hydrogen (secondary N) is 2. The summed E-state index contributed by atoms with van der Waals surface area (Å²) in [5.41, 5.74) is -0.928. The van der Waals surface area contributed by atoms with E-state index in [2.05, 4.69) is 20.6 Å². The summed E-state index contributed by atoms with van der Waals surface area (Å²) in [6, 6.07) is 2.14. The SMILES string of the molecule is CCNC(=NCCOc1ccc(C(F)(F)F)cn1)NC(C)(C)C. The van der Waals surface area contributed by atoms with Gasteiger partial charge in [-0.15, -0.1) is 0 Å². The Morgan fingerprint density at radius 2 is 1.96 bits per heavy atom. The van der Waals surface area contributed by atoms with Gasteiger partial charge < -0.3 is 15.4 Å². The number of hydrogen-bond acceptors (Lipinski definition) is 3. The molecular formula is C15H23F3N4O. The summed E-state index contributed by atoms with van der Waals surface area (Å²) in [6.45, 7) is 9.31. The minimum Gasteiger partial charge on any atom is -0.476 e. The highest BCUT2D eigenvalue weighted by atomic mass is 19.4. The highest BCUT2D eigenvalue weighted by Crippen LogP contribution is 2.29. The Balaban J connectivity index is 2.50. The number of hydrogen-bond donors (Lipinski definition) is 2. The van der Waals surface area contributed by atoms with Gasteiger partial charge in [-0.25, -0.2) is 9.98 Å². The fraction of sp³-hybridized carbons (Fsp3) is 0.600. The van der Waals surface area contributed by atoms with Crippen LogP contribution in [0.5, 0.6) is 5.88 Å². The molecule has 1 aromatic heterocycles. The first kappa shape index (κ1) is 19.1. The Morgan fingerprint density at radius 1 is 1.26 bits per heavy atom. The maximum atomic E-state index is 12.4. The van der Waals surface area contributed by atoms with Gasteiger partial charge in [-0.3, -0.25) is 0 Å². The zero-order valence-corrected chi connectivity index (χ0v) is 13.8. The van der Waals surface area contributed by atoms with E-state index in [0.29, 0.717) is 12.5 Å². The molecule has 0 bridgehead atoms. The van der Waals surface area contributed by atoms with Gasteiger partial charge in [0, 0.05) is 24.3 Å². The van der Waals surface area contributed by atoms with Crippen LogP contribution in [0.25, 0.3) is 0 Å². The zero-order chi connectivity index (χ0) is 17.5. The second-order valence-corrected chi connectivity index (χ2v) is 5.87. The fourth-order valence-electron chi connectivity index (χ4n) is 1.60. The number of pyridine rings is 1. The van der Waals surface area contributed by atoms with Gasteiger partial charge in [-0.2, -0.15) is 13.2 Å². The normalized spacial score (nSPS) is 12.9. The minimum atomic E-state index is -4.39. The predicted octanol–water partition coefficient (Wildman–Crippen LogP) is 2.83. The van der Waals surface area contributed by atoms with Gasteiger partial charge in [0.25, 0.3) is 0 Å². The van der Waals surface area contributed by atoms with E-state index in [-0.39, 0.29) is 18.0 Å². The van der Waals surface area contributed by atoms with Crippen LogP contribution in [0.15, 0.2) is 23.3 Å². The Morgan fingerprint density at radius 3 is 2.43 bits per heavy atom. The Labute approximate surface area is 134 Å². The van der Waals surface area contributed by atoms with Crippen molar-refractivity contribution in [2.45, 2.75) is 39.4 Å². The summed E-state index contributed by atoms with van der Waals surface area (Å²) in [5, 5.41) is 6.33. The van der Waals surface area contributed by atoms with Crippen molar-refractivity contribution < 1.29 is 17.9 Å². The molecule has 1 rings (SSSR count). The molecular weight excluding hydrogens is 309 g/mol. The number of guanidine groups is 1. The van der Waals surface area contributed by atoms with Gasteiger partial charge in [-0.1, -0.05) is 0 Å². The van der Waals surface area contributed by atoms with Gasteiger partial charge in [0.1, 0.15) is 6.61 Å². The Bertz CT molecular complexity index is 507. The summed E-state index contributed by atoms with van der Waals surface area (Å²) in [4.78, 5) is 7.97. The third-order valence-corrected chi connectivity index (χ3v) is 2.51. The molecule has 0 amide bonds. The van der Waals surface area contributed by atoms with Crippen LogP contribution < -0.4 is 15.4 Å². The second-order valence-electron chi connectivity index (χ2n) is 5.87. The van der Waals surface area contributed by atoms with Crippen LogP contribution in [-0.2, 0) is 6.18 Å². The van der Waals surface area contributed by atoms with Crippen LogP contribution >= 0.6 is 0 Å². The number of halogens is 3. The number of rotatable bonds is 5. The smallest absolute Gasteiger partial charge is 0.417 e. The van der Waals surface area contributed by atoms with E-state index in [1.165, 1.54) is 6.07 Å². The number of nitrogens with zero attached hydrogens (tertiary/aromatic N) is 2. The van der Waals surface area contributed by atoms with Crippen molar-refractivity contribution in [2.75, 3.05) is 19.7 Å². The summed E-state index contributed by atoms with van der Waals surface area (Å²) in [5.74, 6) is 0.797. The molecule has 0 saturated heterocycles. The maximum absolute atomic E-state index is 12.4. The van der Waals surface area contributed by atoms with E-state index in [1.54, 1.807) is 0 Å². The maximum Gasteiger partial charge on any atom is 0.417 e. The van der Waals surface area contributed by atoms with E-state index in [9.17, 15) is 13.2 Å². The third kappa shape index (κ3) is 7.71. The van der Waals surface area contributed by atoms with E-state index in [0.717, 1.165) is 18.8 Å². The monoisotopic (exact) mass is 332 g/mol. The number of alkyl halides is 3. The van der Waals surface area contributed by atoms with Crippen molar-refractivity contribution in [3.8, 4) is 5.88 Å². The molecule has 2 N–H and O–H groups in total. The standard InChI is InChI=1S/C15H23F3N4O/c1-5-19-13(22-14(2,3)4)20-8-9-23-12-7-6-11(10-21-12)15(16,17)18/h6-7,10H,5,8-9H2,1-4H3,(H2,19,20,22). The molecule has 5 nitrogen and oxygen atoms in total. The summed E-state index contributed by atoms with van der Waals surface area (Å²) < 4.78 is 42.5. The van der Waals surface area contributed by atoms with Crippen LogP contribution in [0, 0.1) is 0 Å². The highest BCUT2D eigenvalue weighted by molar-refractivity contribution is 5.80. The molecule has 130 valence electrons. The lowest BCUT2D eigenvalue weighted by molar-refractivity contribution is -0.137. The number of aliphatic imine (C=N–C) groups is 1. The molecule has 0 aliphatic heterocycles. The van der Waals surface area contributed by atoms with Crippen molar-refractivity contribution >= 4 is 5.96 Å². The quantitative estimate of drug-likeness (QED) is 0.494. The average Bonchev–Trinajstić information content (AvgIpc) is 2.41. The van der Waals surface area contributed by atoms with Crippen molar-refractivity contribution in [3.63, 3.8) is 0 Å². The average molecular weight is 332 g/mol. The lowest BCUT2D eigenvalue weighted by atomic mass is 10.1. The van der Waals surface area contributed by atoms with E-state index < -0.39 is 11.7 Å². The topological polar surface area (TPSA) is 58.5 Å². The number of aromatic nitrogens is 1. The van der Waals surface area contributed by atoms with E-state index in [1.807, 2.05) is 27.7 Å². The van der Waals surface area contributed by atoms with Gasteiger partial charge in [0.15, 0.2) is 5.96 Å². The largest absolute Gasteiger partial charge is 0.476 e. The van der Waals surface area contributed by atoms with Crippen molar-refractivity contribution in [2.24, 2.45) is 4.99 Å². The van der Waals surface area contributed by atoms with Crippen LogP contribution in [0.2, 0.25) is 0 Å². The Kier molecular flexibility index (Phi) is 6.65. The zero-order valence-electron chi connectivity index (χ0n) is 13.8. The van der Waals surface area contributed by atoms with E-state index in [4.69, 9.17) is 4.74 Å². The second kappa shape index (κ2) is 8.03. The molecule has 0 atom stereocenters. The molecule has 1 aromatic rings. The lowest BCUT2D eigenvalue weighted by Gasteiger charge is -2.23. The first-order valence-electron chi connectivity index (χ1n) is 7.34. The van der Waals surface area contributed by atoms with Gasteiger partial charge in [-0.05, 0) is 33.8 Å².